The van der Waals surface area contributed by atoms with Crippen LogP contribution in [0, 0.1) is 0 Å². The summed E-state index contributed by atoms with van der Waals surface area (Å²) in [5, 5.41) is 12.0. The number of hydrogen-bond donors (Lipinski definition) is 2. The summed E-state index contributed by atoms with van der Waals surface area (Å²) in [5.74, 6) is 1.01. The van der Waals surface area contributed by atoms with Crippen LogP contribution >= 0.6 is 27.3 Å². The molecule has 3 aromatic heterocycles. The molecule has 22 heavy (non-hydrogen) atoms. The van der Waals surface area contributed by atoms with E-state index < -0.39 is 0 Å². The quantitative estimate of drug-likeness (QED) is 0.718. The molecule has 4 heterocycles. The van der Waals surface area contributed by atoms with Crippen molar-refractivity contribution in [1.82, 2.24) is 19.9 Å². The van der Waals surface area contributed by atoms with E-state index in [2.05, 4.69) is 43.2 Å². The fraction of sp³-hybridized carbons (Fsp3) is 0.333. The topological polar surface area (TPSA) is 68.2 Å². The number of thiophene rings is 1. The summed E-state index contributed by atoms with van der Waals surface area (Å²) in [6, 6.07) is 2.09. The number of halogens is 1. The number of nitrogen functional groups attached to an aromatic ring is 1. The summed E-state index contributed by atoms with van der Waals surface area (Å²) in [5.41, 5.74) is 10.3. The number of rotatable bonds is 2. The van der Waals surface area contributed by atoms with Gasteiger partial charge in [0.15, 0.2) is 5.65 Å². The molecule has 1 fully saturated rings. The Balaban J connectivity index is 1.90. The number of nitrogens with two attached hydrogens (primary N) is 1. The maximum Gasteiger partial charge on any atom is 0.165 e. The van der Waals surface area contributed by atoms with E-state index in [4.69, 9.17) is 10.7 Å². The van der Waals surface area contributed by atoms with E-state index >= 15 is 0 Å². The van der Waals surface area contributed by atoms with Crippen LogP contribution in [-0.4, -0.2) is 27.7 Å². The number of aromatic nitrogens is 3. The van der Waals surface area contributed by atoms with Gasteiger partial charge in [-0.25, -0.2) is 4.98 Å². The Morgan fingerprint density at radius 3 is 3.09 bits per heavy atom. The fourth-order valence-electron chi connectivity index (χ4n) is 2.99. The third-order valence-electron chi connectivity index (χ3n) is 4.16. The minimum absolute atomic E-state index is 0.389. The lowest BCUT2D eigenvalue weighted by molar-refractivity contribution is 0.453. The van der Waals surface area contributed by atoms with Gasteiger partial charge < -0.3 is 11.1 Å². The van der Waals surface area contributed by atoms with E-state index in [0.717, 1.165) is 46.5 Å². The van der Waals surface area contributed by atoms with E-state index in [1.807, 2.05) is 6.20 Å². The number of anilines is 1. The predicted octanol–water partition coefficient (Wildman–Crippen LogP) is 3.27. The van der Waals surface area contributed by atoms with Crippen molar-refractivity contribution in [3.05, 3.63) is 33.2 Å². The number of nitrogens with zero attached hydrogens (tertiary/aromatic N) is 3. The summed E-state index contributed by atoms with van der Waals surface area (Å²) in [7, 11) is 0. The standard InChI is InChI=1S/C15H16BrN5S/c16-12-13(9-2-1-4-18-6-9)20-15-11(10-3-5-22-8-10)7-19-21(15)14(12)17/h3,5,7-9,18H,1-2,4,6,17H2. The highest BCUT2D eigenvalue weighted by Gasteiger charge is 2.23. The van der Waals surface area contributed by atoms with Crippen molar-refractivity contribution in [3.63, 3.8) is 0 Å². The molecular formula is C15H16BrN5S. The van der Waals surface area contributed by atoms with Gasteiger partial charge in [-0.15, -0.1) is 0 Å². The summed E-state index contributed by atoms with van der Waals surface area (Å²) < 4.78 is 2.59. The molecule has 0 radical (unpaired) electrons. The maximum absolute atomic E-state index is 6.29. The molecule has 0 aliphatic carbocycles. The largest absolute Gasteiger partial charge is 0.383 e. The molecule has 4 rings (SSSR count). The SMILES string of the molecule is Nc1c(Br)c(C2CCCNC2)nc2c(-c3ccsc3)cnn12. The first-order valence-electron chi connectivity index (χ1n) is 7.31. The Kier molecular flexibility index (Phi) is 3.63. The zero-order valence-corrected chi connectivity index (χ0v) is 14.3. The van der Waals surface area contributed by atoms with E-state index in [9.17, 15) is 0 Å². The van der Waals surface area contributed by atoms with Gasteiger partial charge in [-0.1, -0.05) is 0 Å². The number of fused-ring (bicyclic) bond motifs is 1. The first-order valence-corrected chi connectivity index (χ1v) is 9.05. The van der Waals surface area contributed by atoms with Gasteiger partial charge in [0.05, 0.1) is 16.4 Å². The summed E-state index contributed by atoms with van der Waals surface area (Å²) in [6.07, 6.45) is 4.15. The van der Waals surface area contributed by atoms with Gasteiger partial charge in [-0.3, -0.25) is 0 Å². The first-order chi connectivity index (χ1) is 10.8. The number of nitrogens with one attached hydrogen (secondary N) is 1. The number of piperidine rings is 1. The fourth-order valence-corrected chi connectivity index (χ4v) is 4.23. The second-order valence-corrected chi connectivity index (χ2v) is 7.12. The molecule has 3 aromatic rings. The van der Waals surface area contributed by atoms with Crippen molar-refractivity contribution in [2.24, 2.45) is 0 Å². The van der Waals surface area contributed by atoms with E-state index in [1.165, 1.54) is 6.42 Å². The lowest BCUT2D eigenvalue weighted by atomic mass is 9.96. The second kappa shape index (κ2) is 5.64. The minimum Gasteiger partial charge on any atom is -0.383 e. The Morgan fingerprint density at radius 2 is 2.36 bits per heavy atom. The van der Waals surface area contributed by atoms with Crippen LogP contribution in [0.3, 0.4) is 0 Å². The molecule has 114 valence electrons. The van der Waals surface area contributed by atoms with Crippen LogP contribution in [0.2, 0.25) is 0 Å². The molecule has 1 aliphatic heterocycles. The summed E-state index contributed by atoms with van der Waals surface area (Å²) in [4.78, 5) is 4.91. The van der Waals surface area contributed by atoms with Gasteiger partial charge >= 0.3 is 0 Å². The third-order valence-corrected chi connectivity index (χ3v) is 5.66. The van der Waals surface area contributed by atoms with Gasteiger partial charge in [-0.05, 0) is 57.7 Å². The van der Waals surface area contributed by atoms with Gasteiger partial charge in [-0.2, -0.15) is 21.0 Å². The normalized spacial score (nSPS) is 18.9. The summed E-state index contributed by atoms with van der Waals surface area (Å²) in [6.45, 7) is 2.03. The van der Waals surface area contributed by atoms with Crippen LogP contribution in [0.15, 0.2) is 27.5 Å². The Hall–Kier alpha value is -1.44. The molecule has 0 amide bonds. The van der Waals surface area contributed by atoms with Crippen LogP contribution in [0.5, 0.6) is 0 Å². The monoisotopic (exact) mass is 377 g/mol. The minimum atomic E-state index is 0.389. The summed E-state index contributed by atoms with van der Waals surface area (Å²) >= 11 is 5.29. The van der Waals surface area contributed by atoms with Crippen molar-refractivity contribution >= 4 is 38.7 Å². The molecular weight excluding hydrogens is 362 g/mol. The molecule has 1 atom stereocenters. The molecule has 0 bridgehead atoms. The average molecular weight is 378 g/mol. The van der Waals surface area contributed by atoms with Crippen molar-refractivity contribution in [2.75, 3.05) is 18.8 Å². The average Bonchev–Trinajstić information content (AvgIpc) is 3.20. The van der Waals surface area contributed by atoms with Gasteiger partial charge in [0, 0.05) is 18.0 Å². The van der Waals surface area contributed by atoms with Gasteiger partial charge in [0.25, 0.3) is 0 Å². The molecule has 1 saturated heterocycles. The lowest BCUT2D eigenvalue weighted by Crippen LogP contribution is -2.29. The highest BCUT2D eigenvalue weighted by atomic mass is 79.9. The zero-order valence-electron chi connectivity index (χ0n) is 11.9. The van der Waals surface area contributed by atoms with Crippen LogP contribution in [0.1, 0.15) is 24.5 Å². The molecule has 0 spiro atoms. The Labute approximate surface area is 140 Å². The second-order valence-electron chi connectivity index (χ2n) is 5.55. The van der Waals surface area contributed by atoms with E-state index in [1.54, 1.807) is 15.9 Å². The predicted molar refractivity (Wildman–Crippen MR) is 93.3 cm³/mol. The first kappa shape index (κ1) is 14.2. The van der Waals surface area contributed by atoms with Gasteiger partial charge in [0.2, 0.25) is 0 Å². The van der Waals surface area contributed by atoms with E-state index in [0.29, 0.717) is 11.7 Å². The van der Waals surface area contributed by atoms with Crippen LogP contribution in [0.25, 0.3) is 16.8 Å². The molecule has 5 nitrogen and oxygen atoms in total. The van der Waals surface area contributed by atoms with Crippen molar-refractivity contribution in [2.45, 2.75) is 18.8 Å². The zero-order chi connectivity index (χ0) is 15.1. The Morgan fingerprint density at radius 1 is 1.45 bits per heavy atom. The molecule has 0 saturated carbocycles. The molecule has 7 heteroatoms. The van der Waals surface area contributed by atoms with Crippen molar-refractivity contribution < 1.29 is 0 Å². The van der Waals surface area contributed by atoms with Crippen molar-refractivity contribution in [1.29, 1.82) is 0 Å². The smallest absolute Gasteiger partial charge is 0.165 e. The molecule has 1 unspecified atom stereocenters. The Bertz CT molecular complexity index is 805. The molecule has 1 aliphatic rings. The van der Waals surface area contributed by atoms with Crippen LogP contribution in [-0.2, 0) is 0 Å². The number of hydrogen-bond acceptors (Lipinski definition) is 5. The van der Waals surface area contributed by atoms with Crippen LogP contribution in [0.4, 0.5) is 5.82 Å². The molecule has 3 N–H and O–H groups in total. The van der Waals surface area contributed by atoms with E-state index in [-0.39, 0.29) is 0 Å². The van der Waals surface area contributed by atoms with Gasteiger partial charge in [0.1, 0.15) is 5.82 Å². The highest BCUT2D eigenvalue weighted by molar-refractivity contribution is 9.10. The van der Waals surface area contributed by atoms with Crippen molar-refractivity contribution in [3.8, 4) is 11.1 Å². The van der Waals surface area contributed by atoms with Crippen LogP contribution < -0.4 is 11.1 Å². The third kappa shape index (κ3) is 2.24. The molecule has 0 aromatic carbocycles. The lowest BCUT2D eigenvalue weighted by Gasteiger charge is -2.23. The maximum atomic E-state index is 6.29. The highest BCUT2D eigenvalue weighted by Crippen LogP contribution is 2.35.